The summed E-state index contributed by atoms with van der Waals surface area (Å²) in [6, 6.07) is 0. The van der Waals surface area contributed by atoms with Gasteiger partial charge in [-0.3, -0.25) is 4.90 Å². The van der Waals surface area contributed by atoms with E-state index in [1.54, 1.807) is 0 Å². The Labute approximate surface area is 189 Å². The van der Waals surface area contributed by atoms with Crippen LogP contribution in [0.25, 0.3) is 0 Å². The first kappa shape index (κ1) is 32.0. The van der Waals surface area contributed by atoms with Crippen molar-refractivity contribution in [2.45, 2.75) is 125 Å². The van der Waals surface area contributed by atoms with Crippen molar-refractivity contribution >= 4 is 0 Å². The van der Waals surface area contributed by atoms with Crippen molar-refractivity contribution in [1.29, 1.82) is 0 Å². The molecule has 0 aromatic rings. The van der Waals surface area contributed by atoms with Crippen LogP contribution >= 0.6 is 0 Å². The molecule has 3 nitrogen and oxygen atoms in total. The Hall–Kier alpha value is -0.190. The summed E-state index contributed by atoms with van der Waals surface area (Å²) >= 11 is 0. The Morgan fingerprint density at radius 2 is 1.37 bits per heavy atom. The van der Waals surface area contributed by atoms with Gasteiger partial charge in [0.25, 0.3) is 0 Å². The van der Waals surface area contributed by atoms with Gasteiger partial charge >= 0.3 is 0 Å². The molecule has 1 saturated carbocycles. The molecule has 3 aliphatic rings. The fourth-order valence-electron chi connectivity index (χ4n) is 4.58. The quantitative estimate of drug-likeness (QED) is 0.502. The van der Waals surface area contributed by atoms with Gasteiger partial charge in [-0.15, -0.1) is 0 Å². The van der Waals surface area contributed by atoms with Gasteiger partial charge in [0.05, 0.1) is 0 Å². The largest absolute Gasteiger partial charge is 0.376 e. The van der Waals surface area contributed by atoms with Crippen LogP contribution in [0.3, 0.4) is 0 Å². The van der Waals surface area contributed by atoms with E-state index in [2.05, 4.69) is 23.8 Å². The molecule has 4 heteroatoms. The number of likely N-dealkylation sites (tertiary alicyclic amines) is 2. The molecule has 184 valence electrons. The maximum atomic E-state index is 12.4. The Morgan fingerprint density at radius 3 is 1.80 bits per heavy atom. The van der Waals surface area contributed by atoms with E-state index in [-0.39, 0.29) is 0 Å². The zero-order chi connectivity index (χ0) is 23.6. The van der Waals surface area contributed by atoms with Gasteiger partial charge in [-0.25, -0.2) is 4.39 Å². The highest BCUT2D eigenvalue weighted by molar-refractivity contribution is 4.88. The molecule has 0 amide bonds. The second kappa shape index (κ2) is 19.5. The number of rotatable bonds is 2. The highest BCUT2D eigenvalue weighted by atomic mass is 19.1. The third-order valence-corrected chi connectivity index (χ3v) is 6.27. The predicted molar refractivity (Wildman–Crippen MR) is 133 cm³/mol. The summed E-state index contributed by atoms with van der Waals surface area (Å²) in [5.74, 6) is 1.06. The highest BCUT2D eigenvalue weighted by Gasteiger charge is 2.39. The molecular weight excluding hydrogens is 375 g/mol. The molecule has 0 radical (unpaired) electrons. The van der Waals surface area contributed by atoms with Crippen LogP contribution in [0.15, 0.2) is 0 Å². The second-order valence-electron chi connectivity index (χ2n) is 8.61. The fraction of sp³-hybridized carbons (Fsp3) is 1.00. The first-order valence-electron chi connectivity index (χ1n) is 13.2. The van der Waals surface area contributed by atoms with Crippen molar-refractivity contribution in [2.75, 3.05) is 33.2 Å². The van der Waals surface area contributed by atoms with E-state index in [4.69, 9.17) is 0 Å². The minimum atomic E-state index is -0.588. The van der Waals surface area contributed by atoms with Crippen LogP contribution in [0, 0.1) is 11.8 Å². The number of aliphatic hydroxyl groups is 1. The zero-order valence-electron chi connectivity index (χ0n) is 22.1. The third-order valence-electron chi connectivity index (χ3n) is 6.27. The van der Waals surface area contributed by atoms with Gasteiger partial charge in [0.2, 0.25) is 0 Å². The van der Waals surface area contributed by atoms with Crippen LogP contribution in [0.5, 0.6) is 0 Å². The van der Waals surface area contributed by atoms with Crippen molar-refractivity contribution in [3.63, 3.8) is 0 Å². The maximum Gasteiger partial charge on any atom is 0.119 e. The number of piperidine rings is 2. The summed E-state index contributed by atoms with van der Waals surface area (Å²) in [5, 5.41) is 10.8. The average molecular weight is 433 g/mol. The van der Waals surface area contributed by atoms with Gasteiger partial charge < -0.3 is 10.0 Å². The number of hydrogen-bond donors (Lipinski definition) is 1. The van der Waals surface area contributed by atoms with E-state index >= 15 is 0 Å². The minimum Gasteiger partial charge on any atom is -0.376 e. The molecule has 3 rings (SSSR count). The number of alkyl halides is 1. The fourth-order valence-corrected chi connectivity index (χ4v) is 4.58. The van der Waals surface area contributed by atoms with Crippen molar-refractivity contribution in [3.8, 4) is 0 Å². The Kier molecular flexibility index (Phi) is 20.8. The maximum absolute atomic E-state index is 12.4. The van der Waals surface area contributed by atoms with Gasteiger partial charge in [-0.1, -0.05) is 67.7 Å². The van der Waals surface area contributed by atoms with Gasteiger partial charge in [0.1, 0.15) is 11.9 Å². The molecule has 1 N–H and O–H groups in total. The van der Waals surface area contributed by atoms with Crippen LogP contribution in [0.1, 0.15) is 113 Å². The van der Waals surface area contributed by atoms with Crippen LogP contribution < -0.4 is 0 Å². The molecule has 0 spiro atoms. The van der Waals surface area contributed by atoms with E-state index < -0.39 is 11.9 Å². The lowest BCUT2D eigenvalue weighted by Crippen LogP contribution is -2.57. The van der Waals surface area contributed by atoms with Crippen molar-refractivity contribution in [1.82, 2.24) is 9.80 Å². The van der Waals surface area contributed by atoms with E-state index in [0.29, 0.717) is 11.8 Å². The summed E-state index contributed by atoms with van der Waals surface area (Å²) in [6.07, 6.45) is 9.69. The first-order valence-corrected chi connectivity index (χ1v) is 13.2. The third kappa shape index (κ3) is 12.6. The second-order valence-corrected chi connectivity index (χ2v) is 8.61. The summed E-state index contributed by atoms with van der Waals surface area (Å²) in [5.41, 5.74) is -0.588. The molecule has 3 fully saturated rings. The van der Waals surface area contributed by atoms with E-state index in [1.165, 1.54) is 45.1 Å². The summed E-state index contributed by atoms with van der Waals surface area (Å²) < 4.78 is 12.4. The van der Waals surface area contributed by atoms with Crippen LogP contribution in [-0.4, -0.2) is 60.0 Å². The SMILES string of the molecule is CC.CC.CC.CC1CCCC(F)C1.CN1CCCC(C(C)(O)N2CCCCC2)C1. The molecule has 30 heavy (non-hydrogen) atoms. The first-order chi connectivity index (χ1) is 14.4. The Bertz CT molecular complexity index is 351. The molecule has 2 aliphatic heterocycles. The lowest BCUT2D eigenvalue weighted by molar-refractivity contribution is -0.154. The lowest BCUT2D eigenvalue weighted by Gasteiger charge is -2.47. The minimum absolute atomic E-state index is 0.421. The molecule has 1 aliphatic carbocycles. The molecule has 4 unspecified atom stereocenters. The molecule has 0 aromatic heterocycles. The monoisotopic (exact) mass is 432 g/mol. The standard InChI is InChI=1S/C13H26N2O.C7H13F.3C2H6/c1-13(16,15-9-4-3-5-10-15)12-7-6-8-14(2)11-12;1-6-3-2-4-7(8)5-6;3*1-2/h12,16H,3-11H2,1-2H3;6-7H,2-5H2,1H3;3*1-2H3. The number of halogens is 1. The van der Waals surface area contributed by atoms with E-state index in [1.807, 2.05) is 48.5 Å². The molecular formula is C26H57FN2O. The molecule has 4 atom stereocenters. The van der Waals surface area contributed by atoms with Crippen molar-refractivity contribution in [3.05, 3.63) is 0 Å². The van der Waals surface area contributed by atoms with Gasteiger partial charge in [-0.05, 0) is 65.0 Å². The number of nitrogens with zero attached hydrogens (tertiary/aromatic N) is 2. The van der Waals surface area contributed by atoms with Gasteiger partial charge in [0, 0.05) is 25.6 Å². The molecule has 2 heterocycles. The lowest BCUT2D eigenvalue weighted by atomic mass is 9.86. The van der Waals surface area contributed by atoms with Crippen LogP contribution in [0.4, 0.5) is 4.39 Å². The van der Waals surface area contributed by atoms with Gasteiger partial charge in [0.15, 0.2) is 0 Å². The molecule has 0 bridgehead atoms. The summed E-state index contributed by atoms with van der Waals surface area (Å²) in [7, 11) is 2.17. The van der Waals surface area contributed by atoms with Crippen LogP contribution in [0.2, 0.25) is 0 Å². The topological polar surface area (TPSA) is 26.7 Å². The highest BCUT2D eigenvalue weighted by Crippen LogP contribution is 2.31. The smallest absolute Gasteiger partial charge is 0.119 e. The zero-order valence-corrected chi connectivity index (χ0v) is 22.1. The summed E-state index contributed by atoms with van der Waals surface area (Å²) in [4.78, 5) is 4.66. The van der Waals surface area contributed by atoms with Crippen molar-refractivity contribution in [2.24, 2.45) is 11.8 Å². The van der Waals surface area contributed by atoms with Crippen LogP contribution in [-0.2, 0) is 0 Å². The predicted octanol–water partition coefficient (Wildman–Crippen LogP) is 7.14. The van der Waals surface area contributed by atoms with Gasteiger partial charge in [-0.2, -0.15) is 0 Å². The van der Waals surface area contributed by atoms with E-state index in [9.17, 15) is 9.50 Å². The molecule has 2 saturated heterocycles. The van der Waals surface area contributed by atoms with E-state index in [0.717, 1.165) is 38.9 Å². The summed E-state index contributed by atoms with van der Waals surface area (Å²) in [6.45, 7) is 20.5. The normalized spacial score (nSPS) is 29.1. The Balaban J connectivity index is 0. The number of hydrogen-bond acceptors (Lipinski definition) is 3. The van der Waals surface area contributed by atoms with Crippen molar-refractivity contribution < 1.29 is 9.50 Å². The Morgan fingerprint density at radius 1 is 0.800 bits per heavy atom. The molecule has 0 aromatic carbocycles. The average Bonchev–Trinajstić information content (AvgIpc) is 2.79.